The molecule has 0 amide bonds. The number of carbonyl (C=O) groups excluding carboxylic acids is 1. The molecular formula is C14H16N2O3. The lowest BCUT2D eigenvalue weighted by Crippen LogP contribution is -2.27. The number of benzene rings is 1. The van der Waals surface area contributed by atoms with Crippen molar-refractivity contribution < 1.29 is 13.9 Å². The minimum atomic E-state index is -0.384. The largest absolute Gasteiger partial charge is 0.467 e. The highest BCUT2D eigenvalue weighted by atomic mass is 16.5. The molecule has 1 heterocycles. The molecule has 0 aliphatic carbocycles. The van der Waals surface area contributed by atoms with Crippen molar-refractivity contribution in [3.05, 3.63) is 36.4 Å². The van der Waals surface area contributed by atoms with Gasteiger partial charge in [-0.05, 0) is 19.1 Å². The van der Waals surface area contributed by atoms with E-state index >= 15 is 0 Å². The highest BCUT2D eigenvalue weighted by molar-refractivity contribution is 5.78. The predicted octanol–water partition coefficient (Wildman–Crippen LogP) is 2.62. The molecule has 2 aromatic rings. The van der Waals surface area contributed by atoms with Gasteiger partial charge < -0.3 is 14.5 Å². The van der Waals surface area contributed by atoms with Gasteiger partial charge in [0, 0.05) is 18.2 Å². The minimum absolute atomic E-state index is 0.295. The lowest BCUT2D eigenvalue weighted by Gasteiger charge is -2.12. The van der Waals surface area contributed by atoms with E-state index in [0.717, 1.165) is 16.9 Å². The van der Waals surface area contributed by atoms with E-state index in [2.05, 4.69) is 15.0 Å². The number of rotatable bonds is 4. The van der Waals surface area contributed by atoms with Crippen LogP contribution in [0.5, 0.6) is 0 Å². The number of nitrogens with one attached hydrogen (secondary N) is 1. The van der Waals surface area contributed by atoms with Gasteiger partial charge in [-0.3, -0.25) is 0 Å². The molecule has 0 saturated carbocycles. The molecule has 0 spiro atoms. The van der Waals surface area contributed by atoms with Gasteiger partial charge in [-0.15, -0.1) is 0 Å². The molecule has 1 atom stereocenters. The topological polar surface area (TPSA) is 64.4 Å². The van der Waals surface area contributed by atoms with Gasteiger partial charge in [0.2, 0.25) is 0 Å². The number of methoxy groups -OCH3 is 1. The number of oxazole rings is 1. The Morgan fingerprint density at radius 2 is 2.05 bits per heavy atom. The summed E-state index contributed by atoms with van der Waals surface area (Å²) in [5.74, 6) is 0.340. The second-order valence-corrected chi connectivity index (χ2v) is 4.22. The van der Waals surface area contributed by atoms with Gasteiger partial charge in [0.1, 0.15) is 18.0 Å². The first-order valence-electron chi connectivity index (χ1n) is 5.97. The maximum Gasteiger partial charge on any atom is 0.327 e. The average molecular weight is 260 g/mol. The SMILES string of the molecule is COC(=O)C(C)Nc1ccc(-c2coc(C)n2)cc1. The van der Waals surface area contributed by atoms with Crippen LogP contribution in [0.3, 0.4) is 0 Å². The summed E-state index contributed by atoms with van der Waals surface area (Å²) in [5.41, 5.74) is 2.61. The van der Waals surface area contributed by atoms with E-state index in [-0.39, 0.29) is 12.0 Å². The first-order valence-corrected chi connectivity index (χ1v) is 5.97. The number of esters is 1. The Balaban J connectivity index is 2.08. The Labute approximate surface area is 111 Å². The molecule has 0 radical (unpaired) electrons. The summed E-state index contributed by atoms with van der Waals surface area (Å²) in [7, 11) is 1.37. The summed E-state index contributed by atoms with van der Waals surface area (Å²) in [6.45, 7) is 3.55. The molecule has 0 bridgehead atoms. The first-order chi connectivity index (χ1) is 9.10. The predicted molar refractivity (Wildman–Crippen MR) is 71.8 cm³/mol. The van der Waals surface area contributed by atoms with Crippen LogP contribution in [0.1, 0.15) is 12.8 Å². The second-order valence-electron chi connectivity index (χ2n) is 4.22. The molecule has 19 heavy (non-hydrogen) atoms. The van der Waals surface area contributed by atoms with Crippen molar-refractivity contribution in [2.24, 2.45) is 0 Å². The Kier molecular flexibility index (Phi) is 3.85. The van der Waals surface area contributed by atoms with Crippen LogP contribution in [0.2, 0.25) is 0 Å². The number of anilines is 1. The molecule has 1 N–H and O–H groups in total. The number of ether oxygens (including phenoxy) is 1. The van der Waals surface area contributed by atoms with Gasteiger partial charge in [-0.1, -0.05) is 12.1 Å². The summed E-state index contributed by atoms with van der Waals surface area (Å²) in [6, 6.07) is 7.23. The van der Waals surface area contributed by atoms with Gasteiger partial charge in [0.15, 0.2) is 5.89 Å². The Morgan fingerprint density at radius 1 is 1.37 bits per heavy atom. The summed E-state index contributed by atoms with van der Waals surface area (Å²) in [4.78, 5) is 15.6. The van der Waals surface area contributed by atoms with E-state index in [0.29, 0.717) is 5.89 Å². The van der Waals surface area contributed by atoms with E-state index in [1.54, 1.807) is 20.1 Å². The van der Waals surface area contributed by atoms with Gasteiger partial charge in [-0.2, -0.15) is 0 Å². The third-order valence-electron chi connectivity index (χ3n) is 2.74. The van der Waals surface area contributed by atoms with E-state index in [1.165, 1.54) is 7.11 Å². The molecule has 0 fully saturated rings. The third kappa shape index (κ3) is 3.13. The van der Waals surface area contributed by atoms with Crippen LogP contribution in [-0.4, -0.2) is 24.1 Å². The van der Waals surface area contributed by atoms with Crippen molar-refractivity contribution >= 4 is 11.7 Å². The summed E-state index contributed by atoms with van der Waals surface area (Å²) >= 11 is 0. The fourth-order valence-corrected chi connectivity index (χ4v) is 1.72. The lowest BCUT2D eigenvalue weighted by atomic mass is 10.1. The maximum absolute atomic E-state index is 11.3. The molecule has 1 unspecified atom stereocenters. The third-order valence-corrected chi connectivity index (χ3v) is 2.74. The van der Waals surface area contributed by atoms with Crippen LogP contribution in [0, 0.1) is 6.92 Å². The molecule has 2 rings (SSSR count). The van der Waals surface area contributed by atoms with Crippen molar-refractivity contribution in [1.82, 2.24) is 4.98 Å². The highest BCUT2D eigenvalue weighted by Crippen LogP contribution is 2.21. The van der Waals surface area contributed by atoms with E-state index < -0.39 is 0 Å². The fraction of sp³-hybridized carbons (Fsp3) is 0.286. The number of aryl methyl sites for hydroxylation is 1. The number of nitrogens with zero attached hydrogens (tertiary/aromatic N) is 1. The van der Waals surface area contributed by atoms with Crippen LogP contribution >= 0.6 is 0 Å². The molecule has 0 saturated heterocycles. The van der Waals surface area contributed by atoms with Crippen molar-refractivity contribution in [2.45, 2.75) is 19.9 Å². The Morgan fingerprint density at radius 3 is 2.58 bits per heavy atom. The van der Waals surface area contributed by atoms with Crippen LogP contribution in [0.15, 0.2) is 34.9 Å². The Bertz CT molecular complexity index is 560. The number of carbonyl (C=O) groups is 1. The maximum atomic E-state index is 11.3. The molecule has 1 aromatic heterocycles. The van der Waals surface area contributed by atoms with Crippen LogP contribution in [0.4, 0.5) is 5.69 Å². The number of hydrogen-bond donors (Lipinski definition) is 1. The molecule has 5 heteroatoms. The molecule has 0 aliphatic rings. The fourth-order valence-electron chi connectivity index (χ4n) is 1.72. The van der Waals surface area contributed by atoms with E-state index in [4.69, 9.17) is 4.42 Å². The second kappa shape index (κ2) is 5.56. The van der Waals surface area contributed by atoms with E-state index in [9.17, 15) is 4.79 Å². The molecule has 1 aromatic carbocycles. The van der Waals surface area contributed by atoms with Gasteiger partial charge in [0.05, 0.1) is 7.11 Å². The molecule has 0 aliphatic heterocycles. The van der Waals surface area contributed by atoms with Gasteiger partial charge in [-0.25, -0.2) is 9.78 Å². The van der Waals surface area contributed by atoms with E-state index in [1.807, 2.05) is 24.3 Å². The Hall–Kier alpha value is -2.30. The quantitative estimate of drug-likeness (QED) is 0.856. The van der Waals surface area contributed by atoms with Crippen molar-refractivity contribution in [3.8, 4) is 11.3 Å². The normalized spacial score (nSPS) is 11.9. The van der Waals surface area contributed by atoms with Crippen molar-refractivity contribution in [2.75, 3.05) is 12.4 Å². The monoisotopic (exact) mass is 260 g/mol. The zero-order chi connectivity index (χ0) is 13.8. The number of hydrogen-bond acceptors (Lipinski definition) is 5. The zero-order valence-corrected chi connectivity index (χ0v) is 11.1. The van der Waals surface area contributed by atoms with Crippen molar-refractivity contribution in [1.29, 1.82) is 0 Å². The zero-order valence-electron chi connectivity index (χ0n) is 11.1. The number of aromatic nitrogens is 1. The molecule has 100 valence electrons. The van der Waals surface area contributed by atoms with Gasteiger partial charge >= 0.3 is 5.97 Å². The van der Waals surface area contributed by atoms with Crippen LogP contribution < -0.4 is 5.32 Å². The summed E-state index contributed by atoms with van der Waals surface area (Å²) < 4.78 is 9.83. The van der Waals surface area contributed by atoms with Crippen molar-refractivity contribution in [3.63, 3.8) is 0 Å². The summed E-state index contributed by atoms with van der Waals surface area (Å²) in [6.07, 6.45) is 1.62. The van der Waals surface area contributed by atoms with Crippen LogP contribution in [0.25, 0.3) is 11.3 Å². The first kappa shape index (κ1) is 13.1. The van der Waals surface area contributed by atoms with Crippen LogP contribution in [-0.2, 0) is 9.53 Å². The molecule has 5 nitrogen and oxygen atoms in total. The smallest absolute Gasteiger partial charge is 0.327 e. The average Bonchev–Trinajstić information content (AvgIpc) is 2.85. The minimum Gasteiger partial charge on any atom is -0.467 e. The van der Waals surface area contributed by atoms with Gasteiger partial charge in [0.25, 0.3) is 0 Å². The standard InChI is InChI=1S/C14H16N2O3/c1-9(14(17)18-3)15-12-6-4-11(5-7-12)13-8-19-10(2)16-13/h4-9,15H,1-3H3. The molecular weight excluding hydrogens is 244 g/mol. The lowest BCUT2D eigenvalue weighted by molar-refractivity contribution is -0.141. The summed E-state index contributed by atoms with van der Waals surface area (Å²) in [5, 5.41) is 3.06. The highest BCUT2D eigenvalue weighted by Gasteiger charge is 2.12.